The monoisotopic (exact) mass is 259 g/mol. The highest BCUT2D eigenvalue weighted by atomic mass is 16.6. The van der Waals surface area contributed by atoms with Gasteiger partial charge in [0.15, 0.2) is 0 Å². The number of hydrogen-bond donors (Lipinski definition) is 0. The molecule has 0 aromatic carbocycles. The molecule has 0 bridgehead atoms. The Balaban J connectivity index is 3.20. The first-order chi connectivity index (χ1) is 9.01. The van der Waals surface area contributed by atoms with Crippen molar-refractivity contribution in [3.8, 4) is 12.1 Å². The lowest BCUT2D eigenvalue weighted by atomic mass is 10.2. The zero-order valence-electron chi connectivity index (χ0n) is 10.7. The second kappa shape index (κ2) is 6.31. The van der Waals surface area contributed by atoms with E-state index in [2.05, 4.69) is 4.98 Å². The molecular weight excluding hydrogens is 246 g/mol. The highest BCUT2D eigenvalue weighted by Crippen LogP contribution is 2.23. The van der Waals surface area contributed by atoms with Gasteiger partial charge in [0.25, 0.3) is 5.69 Å². The molecule has 1 rings (SSSR count). The molecule has 1 aromatic heterocycles. The molecule has 0 spiro atoms. The van der Waals surface area contributed by atoms with Crippen molar-refractivity contribution in [1.29, 1.82) is 10.5 Å². The summed E-state index contributed by atoms with van der Waals surface area (Å²) in [6.45, 7) is 4.23. The molecule has 1 aromatic rings. The van der Waals surface area contributed by atoms with E-state index >= 15 is 0 Å². The molecule has 0 aliphatic heterocycles. The summed E-state index contributed by atoms with van der Waals surface area (Å²) in [6.07, 6.45) is 1.42. The highest BCUT2D eigenvalue weighted by Gasteiger charge is 2.19. The van der Waals surface area contributed by atoms with Crippen molar-refractivity contribution in [3.05, 3.63) is 27.9 Å². The maximum Gasteiger partial charge on any atom is 0.289 e. The van der Waals surface area contributed by atoms with Crippen molar-refractivity contribution in [2.45, 2.75) is 26.3 Å². The summed E-state index contributed by atoms with van der Waals surface area (Å²) >= 11 is 0. The van der Waals surface area contributed by atoms with E-state index in [9.17, 15) is 10.1 Å². The zero-order chi connectivity index (χ0) is 14.4. The Labute approximate surface area is 110 Å². The SMILES string of the molecule is CC(C)N(CCC#N)c1ncc([N+](=O)[O-])cc1C#N. The lowest BCUT2D eigenvalue weighted by molar-refractivity contribution is -0.385. The number of rotatable bonds is 5. The third kappa shape index (κ3) is 3.39. The molecule has 7 heteroatoms. The van der Waals surface area contributed by atoms with Crippen LogP contribution in [0.2, 0.25) is 0 Å². The number of nitrogens with zero attached hydrogens (tertiary/aromatic N) is 5. The fourth-order valence-electron chi connectivity index (χ4n) is 1.64. The number of anilines is 1. The number of nitriles is 2. The van der Waals surface area contributed by atoms with Crippen molar-refractivity contribution in [2.75, 3.05) is 11.4 Å². The van der Waals surface area contributed by atoms with Gasteiger partial charge in [0.2, 0.25) is 0 Å². The first kappa shape index (κ1) is 14.4. The smallest absolute Gasteiger partial charge is 0.289 e. The van der Waals surface area contributed by atoms with E-state index in [1.807, 2.05) is 26.0 Å². The Kier molecular flexibility index (Phi) is 4.78. The Bertz CT molecular complexity index is 556. The maximum absolute atomic E-state index is 10.7. The summed E-state index contributed by atoms with van der Waals surface area (Å²) in [5.74, 6) is 0.373. The van der Waals surface area contributed by atoms with E-state index < -0.39 is 4.92 Å². The summed E-state index contributed by atoms with van der Waals surface area (Å²) in [4.78, 5) is 15.8. The fourth-order valence-corrected chi connectivity index (χ4v) is 1.64. The van der Waals surface area contributed by atoms with E-state index in [0.717, 1.165) is 6.20 Å². The molecular formula is C12H13N5O2. The molecule has 0 unspecified atom stereocenters. The number of hydrogen-bond acceptors (Lipinski definition) is 6. The van der Waals surface area contributed by atoms with Gasteiger partial charge in [-0.05, 0) is 13.8 Å². The minimum atomic E-state index is -0.591. The highest BCUT2D eigenvalue weighted by molar-refractivity contribution is 5.57. The molecule has 19 heavy (non-hydrogen) atoms. The normalized spacial score (nSPS) is 9.74. The molecule has 98 valence electrons. The Morgan fingerprint density at radius 3 is 2.68 bits per heavy atom. The second-order valence-corrected chi connectivity index (χ2v) is 4.13. The van der Waals surface area contributed by atoms with E-state index in [4.69, 9.17) is 10.5 Å². The van der Waals surface area contributed by atoms with Crippen LogP contribution in [0.15, 0.2) is 12.3 Å². The van der Waals surface area contributed by atoms with Gasteiger partial charge in [0.1, 0.15) is 23.6 Å². The fraction of sp³-hybridized carbons (Fsp3) is 0.417. The topological polar surface area (TPSA) is 107 Å². The van der Waals surface area contributed by atoms with E-state index in [1.165, 1.54) is 6.07 Å². The van der Waals surface area contributed by atoms with Crippen LogP contribution in [0.4, 0.5) is 11.5 Å². The van der Waals surface area contributed by atoms with Crippen LogP contribution in [-0.4, -0.2) is 22.5 Å². The summed E-state index contributed by atoms with van der Waals surface area (Å²) in [7, 11) is 0. The van der Waals surface area contributed by atoms with Crippen molar-refractivity contribution in [2.24, 2.45) is 0 Å². The van der Waals surface area contributed by atoms with Crippen molar-refractivity contribution < 1.29 is 4.92 Å². The van der Waals surface area contributed by atoms with Gasteiger partial charge in [-0.3, -0.25) is 10.1 Å². The molecule has 0 amide bonds. The largest absolute Gasteiger partial charge is 0.352 e. The second-order valence-electron chi connectivity index (χ2n) is 4.13. The molecule has 0 saturated carbocycles. The zero-order valence-corrected chi connectivity index (χ0v) is 10.7. The molecule has 0 N–H and O–H groups in total. The Morgan fingerprint density at radius 2 is 2.21 bits per heavy atom. The summed E-state index contributed by atoms with van der Waals surface area (Å²) in [6, 6.07) is 5.18. The Hall–Kier alpha value is -2.67. The maximum atomic E-state index is 10.7. The van der Waals surface area contributed by atoms with E-state index in [1.54, 1.807) is 4.90 Å². The van der Waals surface area contributed by atoms with Crippen LogP contribution in [0.5, 0.6) is 0 Å². The van der Waals surface area contributed by atoms with E-state index in [-0.39, 0.29) is 17.3 Å². The average molecular weight is 259 g/mol. The van der Waals surface area contributed by atoms with Crippen LogP contribution >= 0.6 is 0 Å². The molecule has 0 saturated heterocycles. The molecule has 0 radical (unpaired) electrons. The van der Waals surface area contributed by atoms with Gasteiger partial charge in [-0.2, -0.15) is 10.5 Å². The third-order valence-corrected chi connectivity index (χ3v) is 2.54. The molecule has 0 fully saturated rings. The van der Waals surface area contributed by atoms with Crippen molar-refractivity contribution in [3.63, 3.8) is 0 Å². The van der Waals surface area contributed by atoms with Crippen molar-refractivity contribution >= 4 is 11.5 Å². The van der Waals surface area contributed by atoms with Crippen LogP contribution in [0, 0.1) is 32.8 Å². The van der Waals surface area contributed by atoms with E-state index in [0.29, 0.717) is 18.8 Å². The van der Waals surface area contributed by atoms with Gasteiger partial charge in [0.05, 0.1) is 17.4 Å². The summed E-state index contributed by atoms with van der Waals surface area (Å²) in [5.41, 5.74) is -0.0786. The quantitative estimate of drug-likeness (QED) is 0.591. The van der Waals surface area contributed by atoms with Gasteiger partial charge < -0.3 is 4.90 Å². The van der Waals surface area contributed by atoms with Gasteiger partial charge in [-0.15, -0.1) is 0 Å². The minimum absolute atomic E-state index is 0.0365. The van der Waals surface area contributed by atoms with Gasteiger partial charge in [-0.1, -0.05) is 0 Å². The van der Waals surface area contributed by atoms with Crippen LogP contribution in [0.1, 0.15) is 25.8 Å². The van der Waals surface area contributed by atoms with Gasteiger partial charge in [0, 0.05) is 18.7 Å². The number of aromatic nitrogens is 1. The average Bonchev–Trinajstić information content (AvgIpc) is 2.38. The first-order valence-corrected chi connectivity index (χ1v) is 5.69. The van der Waals surface area contributed by atoms with Crippen molar-refractivity contribution in [1.82, 2.24) is 4.98 Å². The number of nitro groups is 1. The van der Waals surface area contributed by atoms with Crippen LogP contribution in [-0.2, 0) is 0 Å². The first-order valence-electron chi connectivity index (χ1n) is 5.69. The molecule has 0 aliphatic carbocycles. The summed E-state index contributed by atoms with van der Waals surface area (Å²) < 4.78 is 0. The molecule has 7 nitrogen and oxygen atoms in total. The standard InChI is InChI=1S/C12H13N5O2/c1-9(2)16(5-3-4-13)12-10(7-14)6-11(8-15-12)17(18)19/h6,8-9H,3,5H2,1-2H3. The third-order valence-electron chi connectivity index (χ3n) is 2.54. The van der Waals surface area contributed by atoms with Crippen LogP contribution < -0.4 is 4.90 Å². The van der Waals surface area contributed by atoms with Gasteiger partial charge >= 0.3 is 0 Å². The lowest BCUT2D eigenvalue weighted by Gasteiger charge is -2.27. The molecule has 0 aliphatic rings. The molecule has 1 heterocycles. The predicted octanol–water partition coefficient (Wildman–Crippen LogP) is 1.99. The predicted molar refractivity (Wildman–Crippen MR) is 68.3 cm³/mol. The lowest BCUT2D eigenvalue weighted by Crippen LogP contribution is -2.33. The molecule has 0 atom stereocenters. The number of pyridine rings is 1. The minimum Gasteiger partial charge on any atom is -0.352 e. The van der Waals surface area contributed by atoms with Crippen LogP contribution in [0.25, 0.3) is 0 Å². The Morgan fingerprint density at radius 1 is 1.53 bits per heavy atom. The van der Waals surface area contributed by atoms with Gasteiger partial charge in [-0.25, -0.2) is 4.98 Å². The summed E-state index contributed by atoms with van der Waals surface area (Å²) in [5, 5.41) is 28.4. The van der Waals surface area contributed by atoms with Crippen LogP contribution in [0.3, 0.4) is 0 Å².